The van der Waals surface area contributed by atoms with Crippen LogP contribution in [0.25, 0.3) is 0 Å². The molecule has 0 saturated carbocycles. The number of hydrogen-bond donors (Lipinski definition) is 0. The summed E-state index contributed by atoms with van der Waals surface area (Å²) < 4.78 is 26.1. The van der Waals surface area contributed by atoms with Gasteiger partial charge in [-0.25, -0.2) is 0 Å². The third kappa shape index (κ3) is 5.61. The molecule has 0 unspecified atom stereocenters. The van der Waals surface area contributed by atoms with Gasteiger partial charge in [0.25, 0.3) is 0 Å². The Hall–Kier alpha value is -1.07. The number of esters is 1. The van der Waals surface area contributed by atoms with Crippen molar-refractivity contribution in [3.63, 3.8) is 0 Å². The van der Waals surface area contributed by atoms with Crippen molar-refractivity contribution in [1.29, 1.82) is 0 Å². The molecule has 0 fully saturated rings. The molecule has 1 aliphatic rings. The zero-order chi connectivity index (χ0) is 14.3. The molecular formula is C13H17ClO4S. The highest BCUT2D eigenvalue weighted by molar-refractivity contribution is 7.73. The first kappa shape index (κ1) is 16.0. The number of hydrogen-bond acceptors (Lipinski definition) is 4. The van der Waals surface area contributed by atoms with Crippen molar-refractivity contribution in [3.05, 3.63) is 22.8 Å². The predicted octanol–water partition coefficient (Wildman–Crippen LogP) is 2.61. The standard InChI is InChI=1S/C13H17ClO4S/c1-18-13(15)6-4-2-3-5-10-7-8-11(19(16)17)9-12(10)14/h7-8H,2-6,9H2,1H3. The third-order valence-corrected chi connectivity index (χ3v) is 4.00. The molecule has 0 aromatic heterocycles. The summed E-state index contributed by atoms with van der Waals surface area (Å²) in [6, 6.07) is 0. The van der Waals surface area contributed by atoms with E-state index in [1.807, 2.05) is 0 Å². The van der Waals surface area contributed by atoms with Crippen LogP contribution in [0.4, 0.5) is 0 Å². The van der Waals surface area contributed by atoms with Crippen LogP contribution in [0.1, 0.15) is 38.5 Å². The van der Waals surface area contributed by atoms with Gasteiger partial charge in [-0.1, -0.05) is 24.1 Å². The van der Waals surface area contributed by atoms with E-state index in [1.165, 1.54) is 7.11 Å². The highest BCUT2D eigenvalue weighted by Gasteiger charge is 2.11. The molecule has 0 bridgehead atoms. The van der Waals surface area contributed by atoms with Gasteiger partial charge in [0.05, 0.1) is 12.0 Å². The van der Waals surface area contributed by atoms with Gasteiger partial charge in [-0.05, 0) is 30.9 Å². The Kier molecular flexibility index (Phi) is 6.87. The Morgan fingerprint density at radius 1 is 1.32 bits per heavy atom. The van der Waals surface area contributed by atoms with Gasteiger partial charge in [0.1, 0.15) is 0 Å². The van der Waals surface area contributed by atoms with Gasteiger partial charge in [0.15, 0.2) is 0 Å². The highest BCUT2D eigenvalue weighted by atomic mass is 35.5. The van der Waals surface area contributed by atoms with Crippen LogP contribution in [0.5, 0.6) is 0 Å². The molecule has 0 atom stereocenters. The van der Waals surface area contributed by atoms with E-state index < -0.39 is 10.3 Å². The maximum absolute atomic E-state index is 10.9. The van der Waals surface area contributed by atoms with Crippen LogP contribution >= 0.6 is 11.6 Å². The number of methoxy groups -OCH3 is 1. The van der Waals surface area contributed by atoms with E-state index in [2.05, 4.69) is 4.74 Å². The Balaban J connectivity index is 2.35. The topological polar surface area (TPSA) is 60.4 Å². The third-order valence-electron chi connectivity index (χ3n) is 2.92. The molecule has 0 spiro atoms. The molecule has 0 aliphatic heterocycles. The summed E-state index contributed by atoms with van der Waals surface area (Å²) in [4.78, 5) is 11.2. The fourth-order valence-corrected chi connectivity index (χ4v) is 2.63. The lowest BCUT2D eigenvalue weighted by Crippen LogP contribution is -2.03. The molecule has 0 amide bonds. The largest absolute Gasteiger partial charge is 0.469 e. The minimum Gasteiger partial charge on any atom is -0.469 e. The summed E-state index contributed by atoms with van der Waals surface area (Å²) in [5, 5.41) is 0.592. The Bertz CT molecular complexity index is 521. The minimum absolute atomic E-state index is 0.188. The molecule has 0 aromatic rings. The first-order chi connectivity index (χ1) is 9.04. The Morgan fingerprint density at radius 2 is 2.05 bits per heavy atom. The summed E-state index contributed by atoms with van der Waals surface area (Å²) in [7, 11) is -0.810. The van der Waals surface area contributed by atoms with Gasteiger partial charge in [0, 0.05) is 17.9 Å². The number of ether oxygens (including phenoxy) is 1. The molecule has 1 rings (SSSR count). The van der Waals surface area contributed by atoms with Crippen molar-refractivity contribution in [2.75, 3.05) is 7.11 Å². The number of unbranched alkanes of at least 4 members (excludes halogenated alkanes) is 2. The van der Waals surface area contributed by atoms with E-state index in [0.717, 1.165) is 31.3 Å². The lowest BCUT2D eigenvalue weighted by Gasteiger charge is -2.10. The number of rotatable bonds is 6. The molecule has 106 valence electrons. The predicted molar refractivity (Wildman–Crippen MR) is 75.7 cm³/mol. The molecule has 19 heavy (non-hydrogen) atoms. The summed E-state index contributed by atoms with van der Waals surface area (Å²) in [5.41, 5.74) is 0.980. The van der Waals surface area contributed by atoms with E-state index in [4.69, 9.17) is 11.6 Å². The minimum atomic E-state index is -2.19. The quantitative estimate of drug-likeness (QED) is 0.430. The molecule has 0 N–H and O–H groups in total. The number of allylic oxidation sites excluding steroid dienone is 4. The van der Waals surface area contributed by atoms with Crippen LogP contribution in [0.15, 0.2) is 22.8 Å². The summed E-state index contributed by atoms with van der Waals surface area (Å²) >= 11 is 6.07. The van der Waals surface area contributed by atoms with E-state index >= 15 is 0 Å². The van der Waals surface area contributed by atoms with Crippen molar-refractivity contribution in [1.82, 2.24) is 0 Å². The van der Waals surface area contributed by atoms with Crippen molar-refractivity contribution < 1.29 is 17.9 Å². The molecule has 1 aliphatic carbocycles. The van der Waals surface area contributed by atoms with Crippen molar-refractivity contribution in [2.45, 2.75) is 38.5 Å². The zero-order valence-corrected chi connectivity index (χ0v) is 12.4. The average Bonchev–Trinajstić information content (AvgIpc) is 2.39. The SMILES string of the molecule is COC(=O)CCCCCC1=C(Cl)CC(=S(=O)=O)C=C1. The molecule has 0 aromatic carbocycles. The summed E-state index contributed by atoms with van der Waals surface area (Å²) in [6.07, 6.45) is 7.51. The van der Waals surface area contributed by atoms with Gasteiger partial charge in [-0.3, -0.25) is 4.79 Å². The average molecular weight is 305 g/mol. The van der Waals surface area contributed by atoms with Crippen molar-refractivity contribution in [3.8, 4) is 0 Å². The second kappa shape index (κ2) is 8.17. The van der Waals surface area contributed by atoms with Crippen LogP contribution in [0.2, 0.25) is 0 Å². The smallest absolute Gasteiger partial charge is 0.305 e. The lowest BCUT2D eigenvalue weighted by atomic mass is 10.0. The van der Waals surface area contributed by atoms with Gasteiger partial charge < -0.3 is 4.74 Å². The van der Waals surface area contributed by atoms with Crippen LogP contribution in [-0.2, 0) is 19.8 Å². The number of carbonyl (C=O) groups excluding carboxylic acids is 1. The van der Waals surface area contributed by atoms with Gasteiger partial charge in [-0.2, -0.15) is 8.42 Å². The highest BCUT2D eigenvalue weighted by Crippen LogP contribution is 2.25. The Labute approximate surface area is 119 Å². The Morgan fingerprint density at radius 3 is 2.63 bits per heavy atom. The van der Waals surface area contributed by atoms with Crippen molar-refractivity contribution in [2.24, 2.45) is 0 Å². The molecule has 0 saturated heterocycles. The van der Waals surface area contributed by atoms with E-state index in [0.29, 0.717) is 16.3 Å². The monoisotopic (exact) mass is 304 g/mol. The van der Waals surface area contributed by atoms with Crippen molar-refractivity contribution >= 4 is 32.7 Å². The maximum atomic E-state index is 10.9. The van der Waals surface area contributed by atoms with Crippen LogP contribution < -0.4 is 0 Å². The number of halogens is 1. The summed E-state index contributed by atoms with van der Waals surface area (Å²) in [6.45, 7) is 0. The molecule has 6 heteroatoms. The van der Waals surface area contributed by atoms with E-state index in [9.17, 15) is 13.2 Å². The van der Waals surface area contributed by atoms with Crippen LogP contribution in [0, 0.1) is 0 Å². The zero-order valence-electron chi connectivity index (χ0n) is 10.8. The van der Waals surface area contributed by atoms with Gasteiger partial charge in [0.2, 0.25) is 10.3 Å². The molecular weight excluding hydrogens is 288 g/mol. The second-order valence-corrected chi connectivity index (χ2v) is 5.73. The van der Waals surface area contributed by atoms with Gasteiger partial charge in [-0.15, -0.1) is 0 Å². The second-order valence-electron chi connectivity index (χ2n) is 4.28. The van der Waals surface area contributed by atoms with Gasteiger partial charge >= 0.3 is 5.97 Å². The summed E-state index contributed by atoms with van der Waals surface area (Å²) in [5.74, 6) is -0.188. The molecule has 0 radical (unpaired) electrons. The fraction of sp³-hybridized carbons (Fsp3) is 0.538. The van der Waals surface area contributed by atoms with E-state index in [1.54, 1.807) is 12.2 Å². The molecule has 4 nitrogen and oxygen atoms in total. The van der Waals surface area contributed by atoms with Crippen LogP contribution in [-0.4, -0.2) is 26.4 Å². The normalized spacial score (nSPS) is 14.7. The first-order valence-corrected chi connectivity index (χ1v) is 7.57. The fourth-order valence-electron chi connectivity index (χ4n) is 1.81. The van der Waals surface area contributed by atoms with Crippen LogP contribution in [0.3, 0.4) is 0 Å². The number of carbonyl (C=O) groups is 1. The first-order valence-electron chi connectivity index (χ1n) is 6.12. The maximum Gasteiger partial charge on any atom is 0.305 e. The lowest BCUT2D eigenvalue weighted by molar-refractivity contribution is -0.140. The molecule has 0 heterocycles. The van der Waals surface area contributed by atoms with E-state index in [-0.39, 0.29) is 12.4 Å².